The zero-order valence-electron chi connectivity index (χ0n) is 11.1. The van der Waals surface area contributed by atoms with E-state index in [1.54, 1.807) is 6.20 Å². The first-order valence-corrected chi connectivity index (χ1v) is 5.80. The van der Waals surface area contributed by atoms with Crippen molar-refractivity contribution in [1.29, 1.82) is 0 Å². The van der Waals surface area contributed by atoms with Crippen LogP contribution in [0.15, 0.2) is 12.3 Å². The Bertz CT molecular complexity index is 430. The molecule has 0 atom stereocenters. The zero-order valence-corrected chi connectivity index (χ0v) is 11.1. The van der Waals surface area contributed by atoms with Gasteiger partial charge >= 0.3 is 7.12 Å². The Morgan fingerprint density at radius 1 is 1.18 bits per heavy atom. The van der Waals surface area contributed by atoms with Crippen LogP contribution in [0.4, 0.5) is 5.69 Å². The molecule has 1 aliphatic heterocycles. The number of hydrogen-bond acceptors (Lipinski definition) is 4. The summed E-state index contributed by atoms with van der Waals surface area (Å²) in [5.41, 5.74) is 7.53. The first-order chi connectivity index (χ1) is 7.73. The highest BCUT2D eigenvalue weighted by atomic mass is 16.7. The van der Waals surface area contributed by atoms with Crippen molar-refractivity contribution in [3.05, 3.63) is 17.8 Å². The maximum absolute atomic E-state index is 5.96. The van der Waals surface area contributed by atoms with Gasteiger partial charge in [0.05, 0.1) is 22.5 Å². The summed E-state index contributed by atoms with van der Waals surface area (Å²) in [5, 5.41) is 0. The average molecular weight is 234 g/mol. The zero-order chi connectivity index (χ0) is 12.8. The van der Waals surface area contributed by atoms with E-state index in [0.717, 1.165) is 5.56 Å². The van der Waals surface area contributed by atoms with Crippen molar-refractivity contribution < 1.29 is 9.31 Å². The fraction of sp³-hybridized carbons (Fsp3) is 0.583. The molecule has 0 spiro atoms. The highest BCUT2D eigenvalue weighted by Crippen LogP contribution is 2.36. The summed E-state index contributed by atoms with van der Waals surface area (Å²) in [7, 11) is -0.486. The molecule has 1 aromatic heterocycles. The first-order valence-electron chi connectivity index (χ1n) is 5.80. The second-order valence-electron chi connectivity index (χ2n) is 5.58. The summed E-state index contributed by atoms with van der Waals surface area (Å²) in [6, 6.07) is 1.88. The maximum atomic E-state index is 5.96. The summed E-state index contributed by atoms with van der Waals surface area (Å²) in [5.74, 6) is 0. The highest BCUT2D eigenvalue weighted by Gasteiger charge is 2.52. The van der Waals surface area contributed by atoms with E-state index in [9.17, 15) is 0 Å². The monoisotopic (exact) mass is 234 g/mol. The van der Waals surface area contributed by atoms with Crippen LogP contribution in [0, 0.1) is 6.92 Å². The molecule has 1 fully saturated rings. The third-order valence-corrected chi connectivity index (χ3v) is 3.56. The van der Waals surface area contributed by atoms with Gasteiger partial charge in [0.2, 0.25) is 0 Å². The molecular weight excluding hydrogens is 215 g/mol. The van der Waals surface area contributed by atoms with Crippen LogP contribution >= 0.6 is 0 Å². The molecule has 5 heteroatoms. The summed E-state index contributed by atoms with van der Waals surface area (Å²) >= 11 is 0. The number of nitrogens with zero attached hydrogens (tertiary/aromatic N) is 1. The van der Waals surface area contributed by atoms with Gasteiger partial charge in [-0.05, 0) is 46.2 Å². The van der Waals surface area contributed by atoms with E-state index >= 15 is 0 Å². The second-order valence-corrected chi connectivity index (χ2v) is 5.58. The molecule has 0 radical (unpaired) electrons. The number of aryl methyl sites for hydroxylation is 1. The molecule has 2 heterocycles. The lowest BCUT2D eigenvalue weighted by molar-refractivity contribution is 0.00578. The number of nitrogens with two attached hydrogens (primary N) is 1. The van der Waals surface area contributed by atoms with Crippen LogP contribution in [-0.2, 0) is 9.31 Å². The van der Waals surface area contributed by atoms with Gasteiger partial charge in [-0.25, -0.2) is 0 Å². The maximum Gasteiger partial charge on any atom is 0.516 e. The number of anilines is 1. The van der Waals surface area contributed by atoms with E-state index in [4.69, 9.17) is 15.0 Å². The van der Waals surface area contributed by atoms with E-state index < -0.39 is 7.12 Å². The van der Waals surface area contributed by atoms with Gasteiger partial charge in [-0.2, -0.15) is 0 Å². The summed E-state index contributed by atoms with van der Waals surface area (Å²) in [6.07, 6.45) is 1.77. The Hall–Kier alpha value is -1.07. The molecule has 2 N–H and O–H groups in total. The van der Waals surface area contributed by atoms with E-state index in [2.05, 4.69) is 4.98 Å². The van der Waals surface area contributed by atoms with Crippen LogP contribution in [0.1, 0.15) is 33.3 Å². The third kappa shape index (κ3) is 2.05. The smallest absolute Gasteiger partial charge is 0.398 e. The molecule has 17 heavy (non-hydrogen) atoms. The molecule has 0 bridgehead atoms. The van der Waals surface area contributed by atoms with Gasteiger partial charge in [-0.1, -0.05) is 0 Å². The topological polar surface area (TPSA) is 57.4 Å². The first kappa shape index (κ1) is 12.4. The standard InChI is InChI=1S/C12H19BN2O2/c1-8-6-9(14)10(15-7-8)13-16-11(2,3)12(4,5)17-13/h6-7H,14H2,1-5H3. The lowest BCUT2D eigenvalue weighted by Gasteiger charge is -2.32. The Kier molecular flexibility index (Phi) is 2.71. The molecule has 1 aliphatic rings. The Morgan fingerprint density at radius 3 is 2.18 bits per heavy atom. The summed E-state index contributed by atoms with van der Waals surface area (Å²) in [6.45, 7) is 10.0. The van der Waals surface area contributed by atoms with Gasteiger partial charge in [0.1, 0.15) is 0 Å². The van der Waals surface area contributed by atoms with Crippen LogP contribution in [-0.4, -0.2) is 23.3 Å². The molecule has 92 valence electrons. The van der Waals surface area contributed by atoms with Crippen molar-refractivity contribution in [2.45, 2.75) is 45.8 Å². The van der Waals surface area contributed by atoms with Crippen LogP contribution in [0.3, 0.4) is 0 Å². The molecule has 0 unspecified atom stereocenters. The lowest BCUT2D eigenvalue weighted by atomic mass is 9.82. The molecule has 0 saturated carbocycles. The van der Waals surface area contributed by atoms with Gasteiger partial charge in [-0.15, -0.1) is 0 Å². The van der Waals surface area contributed by atoms with Crippen molar-refractivity contribution in [2.24, 2.45) is 0 Å². The number of nitrogen functional groups attached to an aromatic ring is 1. The largest absolute Gasteiger partial charge is 0.516 e. The third-order valence-electron chi connectivity index (χ3n) is 3.56. The van der Waals surface area contributed by atoms with Crippen LogP contribution < -0.4 is 11.3 Å². The Balaban J connectivity index is 2.32. The molecule has 0 aromatic carbocycles. The van der Waals surface area contributed by atoms with Gasteiger partial charge in [0.15, 0.2) is 0 Å². The number of hydrogen-bond donors (Lipinski definition) is 1. The summed E-state index contributed by atoms with van der Waals surface area (Å²) < 4.78 is 11.8. The highest BCUT2D eigenvalue weighted by molar-refractivity contribution is 6.62. The minimum Gasteiger partial charge on any atom is -0.398 e. The van der Waals surface area contributed by atoms with Gasteiger partial charge in [0.25, 0.3) is 0 Å². The van der Waals surface area contributed by atoms with Gasteiger partial charge in [-0.3, -0.25) is 4.98 Å². The minimum atomic E-state index is -0.486. The van der Waals surface area contributed by atoms with E-state index in [-0.39, 0.29) is 11.2 Å². The molecule has 0 aliphatic carbocycles. The van der Waals surface area contributed by atoms with Crippen LogP contribution in [0.5, 0.6) is 0 Å². The van der Waals surface area contributed by atoms with Gasteiger partial charge in [0, 0.05) is 6.20 Å². The van der Waals surface area contributed by atoms with E-state index in [1.807, 2.05) is 40.7 Å². The minimum absolute atomic E-state index is 0.364. The number of pyridine rings is 1. The lowest BCUT2D eigenvalue weighted by Crippen LogP contribution is -2.41. The molecule has 4 nitrogen and oxygen atoms in total. The van der Waals surface area contributed by atoms with Crippen LogP contribution in [0.2, 0.25) is 0 Å². The van der Waals surface area contributed by atoms with Crippen molar-refractivity contribution in [1.82, 2.24) is 4.98 Å². The predicted molar refractivity (Wildman–Crippen MR) is 69.1 cm³/mol. The fourth-order valence-electron chi connectivity index (χ4n) is 1.75. The quantitative estimate of drug-likeness (QED) is 0.743. The Labute approximate surface area is 103 Å². The second kappa shape index (κ2) is 3.72. The Morgan fingerprint density at radius 2 is 1.71 bits per heavy atom. The van der Waals surface area contributed by atoms with E-state index in [0.29, 0.717) is 11.3 Å². The number of aromatic nitrogens is 1. The molecule has 2 rings (SSSR count). The molecule has 1 saturated heterocycles. The summed E-state index contributed by atoms with van der Waals surface area (Å²) in [4.78, 5) is 4.32. The fourth-order valence-corrected chi connectivity index (χ4v) is 1.75. The van der Waals surface area contributed by atoms with Crippen LogP contribution in [0.25, 0.3) is 0 Å². The van der Waals surface area contributed by atoms with Crippen molar-refractivity contribution in [3.63, 3.8) is 0 Å². The normalized spacial score (nSPS) is 21.8. The predicted octanol–water partition coefficient (Wildman–Crippen LogP) is 1.27. The number of rotatable bonds is 1. The van der Waals surface area contributed by atoms with Crippen molar-refractivity contribution in [3.8, 4) is 0 Å². The molecular formula is C12H19BN2O2. The average Bonchev–Trinajstić information content (AvgIpc) is 2.35. The van der Waals surface area contributed by atoms with Crippen molar-refractivity contribution >= 4 is 18.4 Å². The molecule has 1 aromatic rings. The van der Waals surface area contributed by atoms with Crippen molar-refractivity contribution in [2.75, 3.05) is 5.73 Å². The molecule has 0 amide bonds. The SMILES string of the molecule is Cc1cnc(B2OC(C)(C)C(C)(C)O2)c(N)c1. The van der Waals surface area contributed by atoms with E-state index in [1.165, 1.54) is 0 Å². The van der Waals surface area contributed by atoms with Gasteiger partial charge < -0.3 is 15.0 Å².